The van der Waals surface area contributed by atoms with E-state index in [9.17, 15) is 8.42 Å². The highest BCUT2D eigenvalue weighted by Gasteiger charge is 2.29. The van der Waals surface area contributed by atoms with E-state index in [1.54, 1.807) is 12.2 Å². The molecule has 2 N–H and O–H groups in total. The number of rotatable bonds is 9. The SMILES string of the molecule is C=CCN(CC=C)S(=O)(=O)c1n[nH]c(C)c1CNC(C)C. The number of sulfonamides is 1. The summed E-state index contributed by atoms with van der Waals surface area (Å²) in [4.78, 5) is 0. The monoisotopic (exact) mass is 312 g/mol. The molecule has 0 radical (unpaired) electrons. The first-order valence-corrected chi connectivity index (χ1v) is 8.27. The van der Waals surface area contributed by atoms with Gasteiger partial charge >= 0.3 is 0 Å². The Hall–Kier alpha value is -1.44. The highest BCUT2D eigenvalue weighted by molar-refractivity contribution is 7.89. The second-order valence-corrected chi connectivity index (χ2v) is 6.92. The minimum Gasteiger partial charge on any atom is -0.310 e. The molecule has 0 aliphatic rings. The lowest BCUT2D eigenvalue weighted by Gasteiger charge is -2.18. The molecule has 0 aromatic carbocycles. The Balaban J connectivity index is 3.17. The molecule has 0 fully saturated rings. The van der Waals surface area contributed by atoms with Crippen LogP contribution in [0.4, 0.5) is 0 Å². The van der Waals surface area contributed by atoms with Gasteiger partial charge in [0.25, 0.3) is 10.0 Å². The van der Waals surface area contributed by atoms with E-state index in [4.69, 9.17) is 0 Å². The van der Waals surface area contributed by atoms with Crippen LogP contribution in [0.15, 0.2) is 30.3 Å². The van der Waals surface area contributed by atoms with E-state index < -0.39 is 10.0 Å². The number of aromatic amines is 1. The van der Waals surface area contributed by atoms with E-state index in [1.807, 2.05) is 20.8 Å². The third-order valence-corrected chi connectivity index (χ3v) is 4.78. The van der Waals surface area contributed by atoms with Crippen LogP contribution in [-0.4, -0.2) is 42.1 Å². The van der Waals surface area contributed by atoms with E-state index in [0.717, 1.165) is 5.69 Å². The molecule has 0 bridgehead atoms. The normalized spacial score (nSPS) is 12.0. The van der Waals surface area contributed by atoms with Gasteiger partial charge in [0.15, 0.2) is 5.03 Å². The van der Waals surface area contributed by atoms with E-state index >= 15 is 0 Å². The van der Waals surface area contributed by atoms with Gasteiger partial charge in [-0.25, -0.2) is 8.42 Å². The van der Waals surface area contributed by atoms with Gasteiger partial charge in [0.1, 0.15) is 0 Å². The lowest BCUT2D eigenvalue weighted by atomic mass is 10.2. The fraction of sp³-hybridized carbons (Fsp3) is 0.500. The van der Waals surface area contributed by atoms with Crippen LogP contribution >= 0.6 is 0 Å². The lowest BCUT2D eigenvalue weighted by molar-refractivity contribution is 0.469. The summed E-state index contributed by atoms with van der Waals surface area (Å²) in [5, 5.41) is 10.0. The van der Waals surface area contributed by atoms with Crippen molar-refractivity contribution in [1.29, 1.82) is 0 Å². The van der Waals surface area contributed by atoms with Crippen LogP contribution in [-0.2, 0) is 16.6 Å². The summed E-state index contributed by atoms with van der Waals surface area (Å²) in [5.41, 5.74) is 1.42. The van der Waals surface area contributed by atoms with Crippen molar-refractivity contribution < 1.29 is 8.42 Å². The molecule has 1 aromatic rings. The number of nitrogens with one attached hydrogen (secondary N) is 2. The van der Waals surface area contributed by atoms with Gasteiger partial charge in [-0.1, -0.05) is 26.0 Å². The minimum atomic E-state index is -3.67. The van der Waals surface area contributed by atoms with Gasteiger partial charge in [0, 0.05) is 36.9 Å². The van der Waals surface area contributed by atoms with E-state index in [1.165, 1.54) is 4.31 Å². The summed E-state index contributed by atoms with van der Waals surface area (Å²) in [6, 6.07) is 0.257. The van der Waals surface area contributed by atoms with Gasteiger partial charge in [-0.3, -0.25) is 5.10 Å². The van der Waals surface area contributed by atoms with Crippen molar-refractivity contribution in [2.45, 2.75) is 38.4 Å². The molecule has 6 nitrogen and oxygen atoms in total. The molecule has 0 atom stereocenters. The number of H-pyrrole nitrogens is 1. The Morgan fingerprint density at radius 3 is 2.38 bits per heavy atom. The van der Waals surface area contributed by atoms with Gasteiger partial charge in [0.05, 0.1) is 0 Å². The Labute approximate surface area is 127 Å². The first-order valence-electron chi connectivity index (χ1n) is 6.83. The molecule has 118 valence electrons. The number of aromatic nitrogens is 2. The van der Waals surface area contributed by atoms with Gasteiger partial charge in [-0.2, -0.15) is 9.40 Å². The summed E-state index contributed by atoms with van der Waals surface area (Å²) in [5.74, 6) is 0. The fourth-order valence-electron chi connectivity index (χ4n) is 1.84. The zero-order valence-electron chi connectivity index (χ0n) is 12.9. The molecular weight excluding hydrogens is 288 g/mol. The molecule has 0 saturated carbocycles. The van der Waals surface area contributed by atoms with Crippen LogP contribution in [0.5, 0.6) is 0 Å². The molecule has 1 heterocycles. The molecule has 0 unspecified atom stereocenters. The first-order chi connectivity index (χ1) is 9.84. The van der Waals surface area contributed by atoms with Crippen molar-refractivity contribution in [3.05, 3.63) is 36.6 Å². The van der Waals surface area contributed by atoms with Crippen molar-refractivity contribution in [3.8, 4) is 0 Å². The molecule has 1 aromatic heterocycles. The third-order valence-electron chi connectivity index (χ3n) is 2.97. The van der Waals surface area contributed by atoms with Gasteiger partial charge < -0.3 is 5.32 Å². The molecular formula is C14H24N4O2S. The average Bonchev–Trinajstić information content (AvgIpc) is 2.78. The number of hydrogen-bond donors (Lipinski definition) is 2. The predicted octanol–water partition coefficient (Wildman–Crippen LogP) is 1.58. The topological polar surface area (TPSA) is 78.1 Å². The Morgan fingerprint density at radius 2 is 1.90 bits per heavy atom. The third kappa shape index (κ3) is 4.26. The second-order valence-electron chi connectivity index (χ2n) is 5.07. The molecule has 0 amide bonds. The number of aryl methyl sites for hydroxylation is 1. The maximum atomic E-state index is 12.7. The molecule has 7 heteroatoms. The molecule has 21 heavy (non-hydrogen) atoms. The molecule has 0 aliphatic carbocycles. The van der Waals surface area contributed by atoms with Crippen LogP contribution in [0.1, 0.15) is 25.1 Å². The minimum absolute atomic E-state index is 0.0665. The maximum Gasteiger partial charge on any atom is 0.263 e. The predicted molar refractivity (Wildman–Crippen MR) is 84.5 cm³/mol. The van der Waals surface area contributed by atoms with Crippen molar-refractivity contribution in [1.82, 2.24) is 19.8 Å². The Kier molecular flexibility index (Phi) is 6.32. The smallest absolute Gasteiger partial charge is 0.263 e. The number of nitrogens with zero attached hydrogens (tertiary/aromatic N) is 2. The Bertz CT molecular complexity index is 580. The van der Waals surface area contributed by atoms with Crippen molar-refractivity contribution >= 4 is 10.0 Å². The standard InChI is InChI=1S/C14H24N4O2S/c1-6-8-18(9-7-2)21(19,20)14-13(10-15-11(3)4)12(5)16-17-14/h6-7,11,15H,1-2,8-10H2,3-5H3,(H,16,17). The molecule has 1 rings (SSSR count). The molecule has 0 spiro atoms. The highest BCUT2D eigenvalue weighted by Crippen LogP contribution is 2.20. The number of hydrogen-bond acceptors (Lipinski definition) is 4. The fourth-order valence-corrected chi connectivity index (χ4v) is 3.38. The summed E-state index contributed by atoms with van der Waals surface area (Å²) in [7, 11) is -3.67. The van der Waals surface area contributed by atoms with Crippen LogP contribution in [0.3, 0.4) is 0 Å². The van der Waals surface area contributed by atoms with Gasteiger partial charge in [-0.15, -0.1) is 13.2 Å². The summed E-state index contributed by atoms with van der Waals surface area (Å²) in [6.07, 6.45) is 3.10. The summed E-state index contributed by atoms with van der Waals surface area (Å²) >= 11 is 0. The quantitative estimate of drug-likeness (QED) is 0.679. The first kappa shape index (κ1) is 17.6. The molecule has 0 saturated heterocycles. The van der Waals surface area contributed by atoms with Crippen LogP contribution in [0.25, 0.3) is 0 Å². The van der Waals surface area contributed by atoms with Gasteiger partial charge in [-0.05, 0) is 6.92 Å². The van der Waals surface area contributed by atoms with Crippen molar-refractivity contribution in [3.63, 3.8) is 0 Å². The average molecular weight is 312 g/mol. The van der Waals surface area contributed by atoms with Crippen molar-refractivity contribution in [2.75, 3.05) is 13.1 Å². The second kappa shape index (κ2) is 7.53. The zero-order chi connectivity index (χ0) is 16.0. The van der Waals surface area contributed by atoms with E-state index in [-0.39, 0.29) is 24.2 Å². The van der Waals surface area contributed by atoms with Crippen LogP contribution in [0, 0.1) is 6.92 Å². The highest BCUT2D eigenvalue weighted by atomic mass is 32.2. The molecule has 0 aliphatic heterocycles. The maximum absolute atomic E-state index is 12.7. The van der Waals surface area contributed by atoms with Crippen LogP contribution < -0.4 is 5.32 Å². The van der Waals surface area contributed by atoms with Gasteiger partial charge in [0.2, 0.25) is 0 Å². The Morgan fingerprint density at radius 1 is 1.33 bits per heavy atom. The van der Waals surface area contributed by atoms with Crippen molar-refractivity contribution in [2.24, 2.45) is 0 Å². The zero-order valence-corrected chi connectivity index (χ0v) is 13.7. The lowest BCUT2D eigenvalue weighted by Crippen LogP contribution is -2.33. The van der Waals surface area contributed by atoms with E-state index in [0.29, 0.717) is 12.1 Å². The largest absolute Gasteiger partial charge is 0.310 e. The summed E-state index contributed by atoms with van der Waals surface area (Å²) in [6.45, 7) is 13.9. The summed E-state index contributed by atoms with van der Waals surface area (Å²) < 4.78 is 26.7. The van der Waals surface area contributed by atoms with E-state index in [2.05, 4.69) is 28.7 Å². The van der Waals surface area contributed by atoms with Crippen LogP contribution in [0.2, 0.25) is 0 Å².